The van der Waals surface area contributed by atoms with Crippen LogP contribution in [-0.4, -0.2) is 52.4 Å². The van der Waals surface area contributed by atoms with Crippen molar-refractivity contribution in [1.29, 1.82) is 0 Å². The Morgan fingerprint density at radius 3 is 2.16 bits per heavy atom. The van der Waals surface area contributed by atoms with Gasteiger partial charge in [-0.1, -0.05) is 37.1 Å². The van der Waals surface area contributed by atoms with Gasteiger partial charge in [0.2, 0.25) is 10.0 Å². The number of hydrogen-bond donors (Lipinski definition) is 1. The van der Waals surface area contributed by atoms with Crippen molar-refractivity contribution >= 4 is 25.8 Å². The number of nitrogens with one attached hydrogen (secondary N) is 1. The normalized spacial score (nSPS) is 15.9. The molecule has 0 aliphatic carbocycles. The van der Waals surface area contributed by atoms with E-state index in [1.807, 2.05) is 0 Å². The van der Waals surface area contributed by atoms with Crippen molar-refractivity contribution in [3.05, 3.63) is 60.2 Å². The molecule has 2 aromatic carbocycles. The molecule has 0 aromatic heterocycles. The molecular formula is C22H28N2O5S2. The lowest BCUT2D eigenvalue weighted by Gasteiger charge is -2.20. The Hall–Kier alpha value is -2.23. The summed E-state index contributed by atoms with van der Waals surface area (Å²) in [5.41, 5.74) is 0.238. The molecule has 1 N–H and O–H groups in total. The Kier molecular flexibility index (Phi) is 7.85. The van der Waals surface area contributed by atoms with E-state index in [-0.39, 0.29) is 34.1 Å². The van der Waals surface area contributed by atoms with Gasteiger partial charge in [0.25, 0.3) is 5.91 Å². The minimum atomic E-state index is -3.64. The molecule has 31 heavy (non-hydrogen) atoms. The standard InChI is InChI=1S/C22H28N2O5S2/c25-22(23-14-9-17-30(26,27)20-11-4-3-5-12-20)19-10-8-13-21(18-19)31(28,29)24-15-6-1-2-7-16-24/h3-5,8,10-13,18H,1-2,6-7,9,14-17H2,(H,23,25). The molecule has 0 spiro atoms. The van der Waals surface area contributed by atoms with Crippen LogP contribution in [-0.2, 0) is 19.9 Å². The summed E-state index contributed by atoms with van der Waals surface area (Å²) in [5, 5.41) is 2.68. The zero-order valence-electron chi connectivity index (χ0n) is 17.4. The highest BCUT2D eigenvalue weighted by Gasteiger charge is 2.25. The van der Waals surface area contributed by atoms with Crippen LogP contribution in [0.5, 0.6) is 0 Å². The highest BCUT2D eigenvalue weighted by molar-refractivity contribution is 7.91. The Morgan fingerprint density at radius 2 is 1.48 bits per heavy atom. The third kappa shape index (κ3) is 6.15. The van der Waals surface area contributed by atoms with Crippen LogP contribution in [0.3, 0.4) is 0 Å². The van der Waals surface area contributed by atoms with Crippen molar-refractivity contribution in [3.8, 4) is 0 Å². The molecule has 1 saturated heterocycles. The van der Waals surface area contributed by atoms with Gasteiger partial charge in [-0.15, -0.1) is 0 Å². The van der Waals surface area contributed by atoms with E-state index < -0.39 is 25.8 Å². The molecule has 168 valence electrons. The van der Waals surface area contributed by atoms with E-state index in [0.29, 0.717) is 13.1 Å². The molecule has 0 unspecified atom stereocenters. The predicted octanol–water partition coefficient (Wildman–Crippen LogP) is 2.85. The largest absolute Gasteiger partial charge is 0.352 e. The number of carbonyl (C=O) groups excluding carboxylic acids is 1. The van der Waals surface area contributed by atoms with E-state index in [9.17, 15) is 21.6 Å². The Labute approximate surface area is 184 Å². The van der Waals surface area contributed by atoms with Crippen molar-refractivity contribution in [2.75, 3.05) is 25.4 Å². The Bertz CT molecular complexity index is 1090. The maximum absolute atomic E-state index is 12.9. The fourth-order valence-corrected chi connectivity index (χ4v) is 6.44. The zero-order valence-corrected chi connectivity index (χ0v) is 19.0. The van der Waals surface area contributed by atoms with Crippen LogP contribution in [0.25, 0.3) is 0 Å². The second-order valence-electron chi connectivity index (χ2n) is 7.59. The predicted molar refractivity (Wildman–Crippen MR) is 119 cm³/mol. The Balaban J connectivity index is 1.59. The van der Waals surface area contributed by atoms with Gasteiger partial charge >= 0.3 is 0 Å². The average molecular weight is 465 g/mol. The first kappa shape index (κ1) is 23.4. The second kappa shape index (κ2) is 10.4. The summed E-state index contributed by atoms with van der Waals surface area (Å²) in [6.45, 7) is 1.16. The molecule has 1 fully saturated rings. The fraction of sp³-hybridized carbons (Fsp3) is 0.409. The molecule has 1 heterocycles. The quantitative estimate of drug-likeness (QED) is 0.606. The minimum Gasteiger partial charge on any atom is -0.352 e. The number of sulfonamides is 1. The van der Waals surface area contributed by atoms with E-state index in [0.717, 1.165) is 25.7 Å². The molecule has 0 atom stereocenters. The number of carbonyl (C=O) groups is 1. The lowest BCUT2D eigenvalue weighted by molar-refractivity contribution is 0.0953. The summed E-state index contributed by atoms with van der Waals surface area (Å²) in [4.78, 5) is 12.8. The van der Waals surface area contributed by atoms with Crippen LogP contribution < -0.4 is 5.32 Å². The molecule has 1 aliphatic heterocycles. The highest BCUT2D eigenvalue weighted by Crippen LogP contribution is 2.21. The van der Waals surface area contributed by atoms with Crippen LogP contribution in [0, 0.1) is 0 Å². The highest BCUT2D eigenvalue weighted by atomic mass is 32.2. The van der Waals surface area contributed by atoms with Gasteiger partial charge in [0, 0.05) is 25.2 Å². The van der Waals surface area contributed by atoms with E-state index in [1.54, 1.807) is 42.5 Å². The monoisotopic (exact) mass is 464 g/mol. The molecule has 0 saturated carbocycles. The third-order valence-corrected chi connectivity index (χ3v) is 8.99. The lowest BCUT2D eigenvalue weighted by atomic mass is 10.2. The summed E-state index contributed by atoms with van der Waals surface area (Å²) in [5.74, 6) is -0.509. The average Bonchev–Trinajstić information content (AvgIpc) is 3.07. The maximum atomic E-state index is 12.9. The van der Waals surface area contributed by atoms with Crippen molar-refractivity contribution in [1.82, 2.24) is 9.62 Å². The number of sulfone groups is 1. The van der Waals surface area contributed by atoms with Crippen LogP contribution in [0.4, 0.5) is 0 Å². The van der Waals surface area contributed by atoms with E-state index >= 15 is 0 Å². The topological polar surface area (TPSA) is 101 Å². The van der Waals surface area contributed by atoms with Crippen LogP contribution >= 0.6 is 0 Å². The lowest BCUT2D eigenvalue weighted by Crippen LogP contribution is -2.32. The molecule has 2 aromatic rings. The summed E-state index contributed by atoms with van der Waals surface area (Å²) in [6, 6.07) is 14.2. The number of nitrogens with zero attached hydrogens (tertiary/aromatic N) is 1. The number of rotatable bonds is 8. The van der Waals surface area contributed by atoms with E-state index in [4.69, 9.17) is 0 Å². The minimum absolute atomic E-state index is 0.0827. The van der Waals surface area contributed by atoms with Crippen molar-refractivity contribution in [2.45, 2.75) is 41.9 Å². The van der Waals surface area contributed by atoms with Gasteiger partial charge in [0.1, 0.15) is 0 Å². The summed E-state index contributed by atoms with van der Waals surface area (Å²) < 4.78 is 52.0. The molecule has 3 rings (SSSR count). The summed E-state index contributed by atoms with van der Waals surface area (Å²) in [6.07, 6.45) is 3.98. The molecule has 0 radical (unpaired) electrons. The number of hydrogen-bond acceptors (Lipinski definition) is 5. The third-order valence-electron chi connectivity index (χ3n) is 5.28. The van der Waals surface area contributed by atoms with Crippen molar-refractivity contribution in [2.24, 2.45) is 0 Å². The summed E-state index contributed by atoms with van der Waals surface area (Å²) >= 11 is 0. The molecule has 0 bridgehead atoms. The molecule has 1 amide bonds. The summed E-state index contributed by atoms with van der Waals surface area (Å²) in [7, 11) is -7.04. The van der Waals surface area contributed by atoms with Gasteiger partial charge in [-0.2, -0.15) is 4.31 Å². The maximum Gasteiger partial charge on any atom is 0.251 e. The molecule has 9 heteroatoms. The van der Waals surface area contributed by atoms with Crippen LogP contribution in [0.1, 0.15) is 42.5 Å². The van der Waals surface area contributed by atoms with Gasteiger partial charge in [-0.25, -0.2) is 16.8 Å². The van der Waals surface area contributed by atoms with Crippen LogP contribution in [0.15, 0.2) is 64.4 Å². The SMILES string of the molecule is O=C(NCCCS(=O)(=O)c1ccccc1)c1cccc(S(=O)(=O)N2CCCCCC2)c1. The first-order valence-electron chi connectivity index (χ1n) is 10.5. The van der Waals surface area contributed by atoms with Gasteiger partial charge in [0.05, 0.1) is 15.5 Å². The van der Waals surface area contributed by atoms with E-state index in [1.165, 1.54) is 16.4 Å². The fourth-order valence-electron chi connectivity index (χ4n) is 3.54. The first-order valence-corrected chi connectivity index (χ1v) is 13.6. The first-order chi connectivity index (χ1) is 14.8. The molecule has 7 nitrogen and oxygen atoms in total. The Morgan fingerprint density at radius 1 is 0.839 bits per heavy atom. The zero-order chi connectivity index (χ0) is 22.3. The second-order valence-corrected chi connectivity index (χ2v) is 11.6. The van der Waals surface area contributed by atoms with Gasteiger partial charge in [-0.3, -0.25) is 4.79 Å². The van der Waals surface area contributed by atoms with Crippen molar-refractivity contribution in [3.63, 3.8) is 0 Å². The smallest absolute Gasteiger partial charge is 0.251 e. The van der Waals surface area contributed by atoms with Crippen LogP contribution in [0.2, 0.25) is 0 Å². The number of amides is 1. The van der Waals surface area contributed by atoms with Gasteiger partial charge in [-0.05, 0) is 49.6 Å². The van der Waals surface area contributed by atoms with Gasteiger partial charge < -0.3 is 5.32 Å². The molecular weight excluding hydrogens is 436 g/mol. The number of benzene rings is 2. The van der Waals surface area contributed by atoms with Crippen molar-refractivity contribution < 1.29 is 21.6 Å². The van der Waals surface area contributed by atoms with Gasteiger partial charge in [0.15, 0.2) is 9.84 Å². The molecule has 1 aliphatic rings. The van der Waals surface area contributed by atoms with E-state index in [2.05, 4.69) is 5.32 Å².